The number of guanidine groups is 1. The van der Waals surface area contributed by atoms with E-state index in [4.69, 9.17) is 5.73 Å². The highest BCUT2D eigenvalue weighted by Gasteiger charge is 2.03. The van der Waals surface area contributed by atoms with Crippen LogP contribution in [-0.4, -0.2) is 24.0 Å². The molecule has 0 aliphatic rings. The number of nitrogens with zero attached hydrogens (tertiary/aromatic N) is 3. The topological polar surface area (TPSA) is 66.5 Å². The van der Waals surface area contributed by atoms with Gasteiger partial charge in [0.05, 0.1) is 6.54 Å². The molecule has 0 saturated carbocycles. The van der Waals surface area contributed by atoms with Gasteiger partial charge in [-0.2, -0.15) is 0 Å². The van der Waals surface area contributed by atoms with Crippen LogP contribution in [0, 0.1) is 6.92 Å². The molecule has 0 radical (unpaired) electrons. The number of halogens is 1. The van der Waals surface area contributed by atoms with Crippen molar-refractivity contribution in [3.8, 4) is 0 Å². The fourth-order valence-electron chi connectivity index (χ4n) is 2.33. The van der Waals surface area contributed by atoms with Crippen LogP contribution < -0.4 is 16.0 Å². The predicted octanol–water partition coefficient (Wildman–Crippen LogP) is 3.78. The van der Waals surface area contributed by atoms with Gasteiger partial charge in [-0.15, -0.1) is 24.0 Å². The number of nitrogens with one attached hydrogen (secondary N) is 1. The first kappa shape index (κ1) is 20.2. The van der Waals surface area contributed by atoms with Crippen molar-refractivity contribution in [3.63, 3.8) is 0 Å². The van der Waals surface area contributed by atoms with E-state index in [-0.39, 0.29) is 24.0 Å². The van der Waals surface area contributed by atoms with Gasteiger partial charge >= 0.3 is 0 Å². The normalized spacial score (nSPS) is 10.9. The van der Waals surface area contributed by atoms with Gasteiger partial charge in [-0.05, 0) is 50.1 Å². The summed E-state index contributed by atoms with van der Waals surface area (Å²) in [4.78, 5) is 11.1. The van der Waals surface area contributed by atoms with Crippen molar-refractivity contribution in [2.45, 2.75) is 27.3 Å². The lowest BCUT2D eigenvalue weighted by molar-refractivity contribution is 0.843. The first-order chi connectivity index (χ1) is 11.1. The SMILES string of the molecule is CCN(CC)c1ccc(CN=C(N)Nc2cccc(C)c2)cn1.I. The van der Waals surface area contributed by atoms with Gasteiger partial charge in [0, 0.05) is 25.0 Å². The minimum Gasteiger partial charge on any atom is -0.370 e. The van der Waals surface area contributed by atoms with E-state index in [9.17, 15) is 0 Å². The molecule has 0 unspecified atom stereocenters. The molecule has 1 heterocycles. The smallest absolute Gasteiger partial charge is 0.193 e. The van der Waals surface area contributed by atoms with Crippen LogP contribution in [0.15, 0.2) is 47.6 Å². The van der Waals surface area contributed by atoms with E-state index in [0.29, 0.717) is 12.5 Å². The van der Waals surface area contributed by atoms with E-state index < -0.39 is 0 Å². The minimum atomic E-state index is 0. The molecular weight excluding hydrogens is 413 g/mol. The number of rotatable bonds is 6. The van der Waals surface area contributed by atoms with Crippen LogP contribution in [0.5, 0.6) is 0 Å². The van der Waals surface area contributed by atoms with Gasteiger partial charge in [-0.1, -0.05) is 18.2 Å². The van der Waals surface area contributed by atoms with Crippen LogP contribution in [0.1, 0.15) is 25.0 Å². The molecule has 24 heavy (non-hydrogen) atoms. The van der Waals surface area contributed by atoms with Crippen LogP contribution >= 0.6 is 24.0 Å². The van der Waals surface area contributed by atoms with E-state index in [0.717, 1.165) is 30.2 Å². The molecule has 0 bridgehead atoms. The number of pyridine rings is 1. The molecule has 0 fully saturated rings. The molecule has 1 aromatic heterocycles. The fourth-order valence-corrected chi connectivity index (χ4v) is 2.33. The van der Waals surface area contributed by atoms with Crippen molar-refractivity contribution < 1.29 is 0 Å². The number of aryl methyl sites for hydroxylation is 1. The van der Waals surface area contributed by atoms with Crippen molar-refractivity contribution >= 4 is 41.4 Å². The summed E-state index contributed by atoms with van der Waals surface area (Å²) >= 11 is 0. The highest BCUT2D eigenvalue weighted by Crippen LogP contribution is 2.12. The number of benzene rings is 1. The third-order valence-electron chi connectivity index (χ3n) is 3.62. The van der Waals surface area contributed by atoms with Crippen molar-refractivity contribution in [1.29, 1.82) is 0 Å². The molecule has 6 heteroatoms. The summed E-state index contributed by atoms with van der Waals surface area (Å²) in [7, 11) is 0. The van der Waals surface area contributed by atoms with Gasteiger partial charge in [0.25, 0.3) is 0 Å². The Morgan fingerprint density at radius 2 is 1.96 bits per heavy atom. The lowest BCUT2D eigenvalue weighted by atomic mass is 10.2. The van der Waals surface area contributed by atoms with Crippen LogP contribution in [-0.2, 0) is 6.54 Å². The monoisotopic (exact) mass is 439 g/mol. The van der Waals surface area contributed by atoms with Gasteiger partial charge in [-0.3, -0.25) is 0 Å². The Morgan fingerprint density at radius 3 is 2.54 bits per heavy atom. The Labute approximate surface area is 161 Å². The van der Waals surface area contributed by atoms with Crippen molar-refractivity contribution in [1.82, 2.24) is 4.98 Å². The number of hydrogen-bond acceptors (Lipinski definition) is 3. The first-order valence-corrected chi connectivity index (χ1v) is 7.95. The summed E-state index contributed by atoms with van der Waals surface area (Å²) in [5.74, 6) is 1.40. The van der Waals surface area contributed by atoms with E-state index in [1.165, 1.54) is 5.56 Å². The molecule has 0 aliphatic heterocycles. The maximum absolute atomic E-state index is 5.94. The van der Waals surface area contributed by atoms with Gasteiger partial charge in [-0.25, -0.2) is 9.98 Å². The van der Waals surface area contributed by atoms with Gasteiger partial charge < -0.3 is 16.0 Å². The number of hydrogen-bond donors (Lipinski definition) is 2. The standard InChI is InChI=1S/C18H25N5.HI/c1-4-23(5-2)17-10-9-15(12-20-17)13-21-18(19)22-16-8-6-7-14(3)11-16;/h6-12H,4-5,13H2,1-3H3,(H3,19,21,22);1H. The maximum Gasteiger partial charge on any atom is 0.193 e. The summed E-state index contributed by atoms with van der Waals surface area (Å²) in [6, 6.07) is 12.1. The number of nitrogens with two attached hydrogens (primary N) is 1. The van der Waals surface area contributed by atoms with E-state index in [1.807, 2.05) is 49.5 Å². The Kier molecular flexibility index (Phi) is 8.53. The van der Waals surface area contributed by atoms with Crippen molar-refractivity contribution in [2.75, 3.05) is 23.3 Å². The maximum atomic E-state index is 5.94. The molecule has 130 valence electrons. The van der Waals surface area contributed by atoms with E-state index >= 15 is 0 Å². The molecule has 1 aromatic carbocycles. The molecule has 2 rings (SSSR count). The molecular formula is C18H26IN5. The summed E-state index contributed by atoms with van der Waals surface area (Å²) in [5.41, 5.74) is 9.10. The van der Waals surface area contributed by atoms with Crippen LogP contribution in [0.25, 0.3) is 0 Å². The minimum absolute atomic E-state index is 0. The second kappa shape index (κ2) is 10.1. The van der Waals surface area contributed by atoms with Crippen LogP contribution in [0.3, 0.4) is 0 Å². The van der Waals surface area contributed by atoms with Gasteiger partial charge in [0.2, 0.25) is 0 Å². The lowest BCUT2D eigenvalue weighted by Gasteiger charge is -2.19. The second-order valence-corrected chi connectivity index (χ2v) is 5.39. The van der Waals surface area contributed by atoms with Gasteiger partial charge in [0.1, 0.15) is 5.82 Å². The molecule has 0 amide bonds. The fraction of sp³-hybridized carbons (Fsp3) is 0.333. The summed E-state index contributed by atoms with van der Waals surface area (Å²) < 4.78 is 0. The summed E-state index contributed by atoms with van der Waals surface area (Å²) in [5, 5.41) is 3.10. The van der Waals surface area contributed by atoms with Crippen molar-refractivity contribution in [3.05, 3.63) is 53.7 Å². The van der Waals surface area contributed by atoms with E-state index in [1.54, 1.807) is 0 Å². The largest absolute Gasteiger partial charge is 0.370 e. The zero-order valence-corrected chi connectivity index (χ0v) is 16.8. The van der Waals surface area contributed by atoms with E-state index in [2.05, 4.69) is 34.0 Å². The average molecular weight is 439 g/mol. The Bertz CT molecular complexity index is 651. The Hall–Kier alpha value is -1.83. The van der Waals surface area contributed by atoms with Crippen LogP contribution in [0.4, 0.5) is 11.5 Å². The lowest BCUT2D eigenvalue weighted by Crippen LogP contribution is -2.23. The Balaban J connectivity index is 0.00000288. The quantitative estimate of drug-likeness (QED) is 0.409. The molecule has 0 saturated heterocycles. The number of aromatic nitrogens is 1. The van der Waals surface area contributed by atoms with Crippen molar-refractivity contribution in [2.24, 2.45) is 10.7 Å². The van der Waals surface area contributed by atoms with Gasteiger partial charge in [0.15, 0.2) is 5.96 Å². The third kappa shape index (κ3) is 5.99. The zero-order valence-electron chi connectivity index (χ0n) is 14.5. The van der Waals surface area contributed by atoms with Crippen LogP contribution in [0.2, 0.25) is 0 Å². The molecule has 0 atom stereocenters. The highest BCUT2D eigenvalue weighted by atomic mass is 127. The predicted molar refractivity (Wildman–Crippen MR) is 113 cm³/mol. The zero-order chi connectivity index (χ0) is 16.7. The molecule has 5 nitrogen and oxygen atoms in total. The molecule has 0 spiro atoms. The molecule has 2 aromatic rings. The third-order valence-corrected chi connectivity index (χ3v) is 3.62. The summed E-state index contributed by atoms with van der Waals surface area (Å²) in [6.45, 7) is 8.71. The molecule has 3 N–H and O–H groups in total. The average Bonchev–Trinajstić information content (AvgIpc) is 2.55. The number of aliphatic imine (C=N–C) groups is 1. The summed E-state index contributed by atoms with van der Waals surface area (Å²) in [6.07, 6.45) is 1.86. The number of anilines is 2. The second-order valence-electron chi connectivity index (χ2n) is 5.39. The Morgan fingerprint density at radius 1 is 1.21 bits per heavy atom. The first-order valence-electron chi connectivity index (χ1n) is 7.95. The molecule has 0 aliphatic carbocycles. The highest BCUT2D eigenvalue weighted by molar-refractivity contribution is 14.0.